The van der Waals surface area contributed by atoms with Gasteiger partial charge in [0.2, 0.25) is 6.29 Å². The Morgan fingerprint density at radius 3 is 2.06 bits per heavy atom. The molecule has 10 atom stereocenters. The van der Waals surface area contributed by atoms with E-state index in [4.69, 9.17) is 23.7 Å². The van der Waals surface area contributed by atoms with Crippen molar-refractivity contribution in [2.24, 2.45) is 0 Å². The minimum Gasteiger partial charge on any atom is -0.493 e. The number of aliphatic hydroxyl groups is 7. The second-order valence-electron chi connectivity index (χ2n) is 8.04. The maximum absolute atomic E-state index is 11.6. The molecule has 3 rings (SSSR count). The van der Waals surface area contributed by atoms with Crippen LogP contribution < -0.4 is 9.47 Å². The molecule has 2 saturated heterocycles. The first-order valence-electron chi connectivity index (χ1n) is 10.6. The topological polar surface area (TPSA) is 205 Å². The molecule has 0 bridgehead atoms. The van der Waals surface area contributed by atoms with Gasteiger partial charge in [-0.2, -0.15) is 0 Å². The highest BCUT2D eigenvalue weighted by molar-refractivity contribution is 5.94. The summed E-state index contributed by atoms with van der Waals surface area (Å²) in [6.45, 7) is -0.0229. The highest BCUT2D eigenvalue weighted by Crippen LogP contribution is 2.34. The van der Waals surface area contributed by atoms with Gasteiger partial charge in [0.1, 0.15) is 48.8 Å². The predicted octanol–water partition coefficient (Wildman–Crippen LogP) is -3.10. The molecule has 0 unspecified atom stereocenters. The Labute approximate surface area is 194 Å². The molecule has 2 aliphatic rings. The number of Topliss-reactive ketones (excluding diaryl/α,β-unsaturated/α-hetero) is 1. The van der Waals surface area contributed by atoms with E-state index in [0.717, 1.165) is 0 Å². The van der Waals surface area contributed by atoms with Crippen molar-refractivity contribution in [2.75, 3.05) is 20.3 Å². The number of carbonyl (C=O) groups excluding carboxylic acids is 1. The quantitative estimate of drug-likeness (QED) is 0.181. The van der Waals surface area contributed by atoms with E-state index in [1.165, 1.54) is 32.2 Å². The summed E-state index contributed by atoms with van der Waals surface area (Å²) in [5.41, 5.74) is 0.349. The van der Waals surface area contributed by atoms with Gasteiger partial charge in [-0.25, -0.2) is 0 Å². The van der Waals surface area contributed by atoms with Crippen LogP contribution in [0.4, 0.5) is 0 Å². The molecule has 2 aliphatic heterocycles. The number of aliphatic hydroxyl groups excluding tert-OH is 7. The van der Waals surface area contributed by atoms with Crippen molar-refractivity contribution in [3.05, 3.63) is 23.8 Å². The third kappa shape index (κ3) is 5.33. The lowest BCUT2D eigenvalue weighted by Crippen LogP contribution is -2.65. The van der Waals surface area contributed by atoms with E-state index in [0.29, 0.717) is 5.56 Å². The molecule has 0 saturated carbocycles. The van der Waals surface area contributed by atoms with Gasteiger partial charge in [0, 0.05) is 5.56 Å². The number of carbonyl (C=O) groups is 1. The first-order chi connectivity index (χ1) is 16.1. The first kappa shape index (κ1) is 26.7. The van der Waals surface area contributed by atoms with Crippen molar-refractivity contribution in [3.63, 3.8) is 0 Å². The molecule has 13 heteroatoms. The standard InChI is InChI=1S/C21H30O13/c1-8(24)9-3-4-10(11(5-9)30-2)31-21-18(29)19(15(26)13(7-23)33-21)34-20-17(28)16(27)14(25)12(6-22)32-20/h3-5,12-23,25-29H,6-7H2,1-2H3/t12-,13-,14-,15-,16+,17-,18-,19+,20+,21-/m1/s1. The molecule has 0 aromatic heterocycles. The Kier molecular flexibility index (Phi) is 8.81. The van der Waals surface area contributed by atoms with Crippen LogP contribution in [0.2, 0.25) is 0 Å². The molecule has 2 fully saturated rings. The lowest BCUT2D eigenvalue weighted by Gasteiger charge is -2.45. The number of methoxy groups -OCH3 is 1. The van der Waals surface area contributed by atoms with Crippen LogP contribution in [-0.2, 0) is 14.2 Å². The Balaban J connectivity index is 1.82. The molecule has 2 heterocycles. The van der Waals surface area contributed by atoms with Crippen LogP contribution >= 0.6 is 0 Å². The highest BCUT2D eigenvalue weighted by atomic mass is 16.7. The normalized spacial score (nSPS) is 38.4. The van der Waals surface area contributed by atoms with Crippen molar-refractivity contribution in [1.29, 1.82) is 0 Å². The van der Waals surface area contributed by atoms with Gasteiger partial charge in [-0.1, -0.05) is 0 Å². The van der Waals surface area contributed by atoms with E-state index in [2.05, 4.69) is 0 Å². The number of ketones is 1. The van der Waals surface area contributed by atoms with Gasteiger partial charge in [-0.3, -0.25) is 4.79 Å². The average Bonchev–Trinajstić information content (AvgIpc) is 2.83. The fraction of sp³-hybridized carbons (Fsp3) is 0.667. The third-order valence-corrected chi connectivity index (χ3v) is 5.77. The second kappa shape index (κ2) is 11.2. The fourth-order valence-corrected chi connectivity index (χ4v) is 3.76. The van der Waals surface area contributed by atoms with E-state index < -0.39 is 74.6 Å². The zero-order valence-corrected chi connectivity index (χ0v) is 18.5. The summed E-state index contributed by atoms with van der Waals surface area (Å²) < 4.78 is 27.2. The second-order valence-corrected chi connectivity index (χ2v) is 8.04. The Morgan fingerprint density at radius 2 is 1.47 bits per heavy atom. The lowest BCUT2D eigenvalue weighted by molar-refractivity contribution is -0.352. The van der Waals surface area contributed by atoms with Crippen LogP contribution in [0.15, 0.2) is 18.2 Å². The van der Waals surface area contributed by atoms with Gasteiger partial charge in [0.25, 0.3) is 0 Å². The minimum atomic E-state index is -1.79. The van der Waals surface area contributed by atoms with Gasteiger partial charge < -0.3 is 59.4 Å². The van der Waals surface area contributed by atoms with E-state index in [1.807, 2.05) is 0 Å². The van der Waals surface area contributed by atoms with E-state index in [1.54, 1.807) is 0 Å². The van der Waals surface area contributed by atoms with Crippen LogP contribution in [0.5, 0.6) is 11.5 Å². The van der Waals surface area contributed by atoms with Crippen LogP contribution in [0.1, 0.15) is 17.3 Å². The summed E-state index contributed by atoms with van der Waals surface area (Å²) in [6.07, 6.45) is -15.8. The number of hydrogen-bond donors (Lipinski definition) is 7. The van der Waals surface area contributed by atoms with Crippen LogP contribution in [-0.4, -0.2) is 123 Å². The largest absolute Gasteiger partial charge is 0.493 e. The zero-order valence-electron chi connectivity index (χ0n) is 18.5. The minimum absolute atomic E-state index is 0.0798. The van der Waals surface area contributed by atoms with Crippen molar-refractivity contribution in [2.45, 2.75) is 68.3 Å². The molecular formula is C21H30O13. The summed E-state index contributed by atoms with van der Waals surface area (Å²) in [7, 11) is 1.34. The van der Waals surface area contributed by atoms with Crippen molar-refractivity contribution >= 4 is 5.78 Å². The SMILES string of the molecule is COc1cc(C(C)=O)ccc1O[C@@H]1O[C@H](CO)[C@@H](O)[C@H](O[C@@H]2O[C@H](CO)[C@@H](O)[C@H](O)[C@H]2O)[C@H]1O. The van der Waals surface area contributed by atoms with Crippen LogP contribution in [0, 0.1) is 0 Å². The smallest absolute Gasteiger partial charge is 0.229 e. The van der Waals surface area contributed by atoms with Crippen LogP contribution in [0.25, 0.3) is 0 Å². The van der Waals surface area contributed by atoms with E-state index in [9.17, 15) is 40.5 Å². The summed E-state index contributed by atoms with van der Waals surface area (Å²) in [5, 5.41) is 70.5. The lowest BCUT2D eigenvalue weighted by atomic mass is 9.97. The molecule has 1 aromatic carbocycles. The summed E-state index contributed by atoms with van der Waals surface area (Å²) in [5.74, 6) is 0.0213. The van der Waals surface area contributed by atoms with Gasteiger partial charge in [-0.15, -0.1) is 0 Å². The van der Waals surface area contributed by atoms with E-state index >= 15 is 0 Å². The zero-order chi connectivity index (χ0) is 25.2. The maximum Gasteiger partial charge on any atom is 0.229 e. The monoisotopic (exact) mass is 490 g/mol. The molecule has 1 aromatic rings. The molecule has 0 spiro atoms. The highest BCUT2D eigenvalue weighted by Gasteiger charge is 2.51. The van der Waals surface area contributed by atoms with Gasteiger partial charge >= 0.3 is 0 Å². The summed E-state index contributed by atoms with van der Waals surface area (Å²) in [4.78, 5) is 11.6. The van der Waals surface area contributed by atoms with Gasteiger partial charge in [0.15, 0.2) is 23.6 Å². The molecule has 0 amide bonds. The molecule has 0 aliphatic carbocycles. The molecular weight excluding hydrogens is 460 g/mol. The van der Waals surface area contributed by atoms with Crippen LogP contribution in [0.3, 0.4) is 0 Å². The molecule has 7 N–H and O–H groups in total. The Bertz CT molecular complexity index is 833. The van der Waals surface area contributed by atoms with Crippen molar-refractivity contribution < 1.29 is 64.2 Å². The number of hydrogen-bond acceptors (Lipinski definition) is 13. The number of benzene rings is 1. The van der Waals surface area contributed by atoms with Crippen molar-refractivity contribution in [3.8, 4) is 11.5 Å². The van der Waals surface area contributed by atoms with E-state index in [-0.39, 0.29) is 17.3 Å². The van der Waals surface area contributed by atoms with Gasteiger partial charge in [-0.05, 0) is 25.1 Å². The summed E-state index contributed by atoms with van der Waals surface area (Å²) >= 11 is 0. The molecule has 0 radical (unpaired) electrons. The average molecular weight is 490 g/mol. The number of rotatable bonds is 8. The summed E-state index contributed by atoms with van der Waals surface area (Å²) in [6, 6.07) is 4.31. The first-order valence-corrected chi connectivity index (χ1v) is 10.6. The molecule has 192 valence electrons. The van der Waals surface area contributed by atoms with Gasteiger partial charge in [0.05, 0.1) is 20.3 Å². The molecule has 13 nitrogen and oxygen atoms in total. The maximum atomic E-state index is 11.6. The Morgan fingerprint density at radius 1 is 0.853 bits per heavy atom. The third-order valence-electron chi connectivity index (χ3n) is 5.77. The Hall–Kier alpha value is -1.91. The van der Waals surface area contributed by atoms with Crippen molar-refractivity contribution in [1.82, 2.24) is 0 Å². The number of ether oxygens (including phenoxy) is 5. The molecule has 34 heavy (non-hydrogen) atoms. The fourth-order valence-electron chi connectivity index (χ4n) is 3.76. The predicted molar refractivity (Wildman–Crippen MR) is 110 cm³/mol.